The smallest absolute Gasteiger partial charge is 0.416 e. The number of aromatic nitrogens is 3. The molecule has 1 aliphatic carbocycles. The lowest BCUT2D eigenvalue weighted by Crippen LogP contribution is -2.25. The summed E-state index contributed by atoms with van der Waals surface area (Å²) in [5.41, 5.74) is 0.287. The van der Waals surface area contributed by atoms with E-state index < -0.39 is 11.7 Å². The van der Waals surface area contributed by atoms with Gasteiger partial charge in [0.25, 0.3) is 5.91 Å². The Kier molecular flexibility index (Phi) is 3.74. The molecule has 1 saturated carbocycles. The van der Waals surface area contributed by atoms with Gasteiger partial charge in [-0.15, -0.1) is 0 Å². The molecule has 26 heavy (non-hydrogen) atoms. The number of rotatable bonds is 4. The molecule has 0 radical (unpaired) electrons. The van der Waals surface area contributed by atoms with E-state index in [2.05, 4.69) is 15.3 Å². The molecule has 6 nitrogen and oxygen atoms in total. The number of alkyl halides is 3. The minimum absolute atomic E-state index is 0.0718. The van der Waals surface area contributed by atoms with Crippen molar-refractivity contribution in [3.05, 3.63) is 47.4 Å². The second kappa shape index (κ2) is 5.86. The molecule has 0 spiro atoms. The summed E-state index contributed by atoms with van der Waals surface area (Å²) in [7, 11) is 1.69. The Balaban J connectivity index is 1.54. The maximum Gasteiger partial charge on any atom is 0.416 e. The minimum Gasteiger partial charge on any atom is -0.447 e. The van der Waals surface area contributed by atoms with Gasteiger partial charge in [0.2, 0.25) is 0 Å². The fourth-order valence-corrected chi connectivity index (χ4v) is 2.89. The van der Waals surface area contributed by atoms with Crippen molar-refractivity contribution in [1.82, 2.24) is 19.9 Å². The third-order valence-electron chi connectivity index (χ3n) is 4.47. The van der Waals surface area contributed by atoms with Crippen LogP contribution in [0.5, 0.6) is 0 Å². The molecule has 1 aromatic carbocycles. The third-order valence-corrected chi connectivity index (χ3v) is 4.47. The van der Waals surface area contributed by atoms with Crippen LogP contribution in [0.2, 0.25) is 0 Å². The predicted molar refractivity (Wildman–Crippen MR) is 85.4 cm³/mol. The SMILES string of the molecule is Cn1c(CNC(=O)c2ncoc2C2CC2)nc2cc(C(F)(F)F)ccc21. The fourth-order valence-electron chi connectivity index (χ4n) is 2.89. The number of amides is 1. The van der Waals surface area contributed by atoms with Gasteiger partial charge in [0.05, 0.1) is 23.1 Å². The summed E-state index contributed by atoms with van der Waals surface area (Å²) in [5, 5.41) is 2.70. The van der Waals surface area contributed by atoms with Gasteiger partial charge in [-0.1, -0.05) is 0 Å². The van der Waals surface area contributed by atoms with Crippen LogP contribution in [0.3, 0.4) is 0 Å². The van der Waals surface area contributed by atoms with Crippen molar-refractivity contribution in [2.45, 2.75) is 31.5 Å². The zero-order valence-electron chi connectivity index (χ0n) is 13.8. The topological polar surface area (TPSA) is 73.0 Å². The Morgan fingerprint density at radius 2 is 2.15 bits per heavy atom. The monoisotopic (exact) mass is 364 g/mol. The van der Waals surface area contributed by atoms with Crippen molar-refractivity contribution in [2.75, 3.05) is 0 Å². The Labute approximate surface area is 146 Å². The van der Waals surface area contributed by atoms with Gasteiger partial charge < -0.3 is 14.3 Å². The molecule has 9 heteroatoms. The predicted octanol–water partition coefficient (Wildman–Crippen LogP) is 3.39. The molecule has 4 rings (SSSR count). The van der Waals surface area contributed by atoms with Crippen molar-refractivity contribution >= 4 is 16.9 Å². The van der Waals surface area contributed by atoms with Gasteiger partial charge in [0.15, 0.2) is 12.1 Å². The van der Waals surface area contributed by atoms with E-state index in [1.807, 2.05) is 0 Å². The molecule has 1 N–H and O–H groups in total. The average molecular weight is 364 g/mol. The second-order valence-corrected chi connectivity index (χ2v) is 6.31. The maximum absolute atomic E-state index is 12.8. The summed E-state index contributed by atoms with van der Waals surface area (Å²) >= 11 is 0. The molecule has 0 atom stereocenters. The molecule has 0 saturated heterocycles. The number of oxazole rings is 1. The molecular formula is C17H15F3N4O2. The number of halogens is 3. The number of imidazole rings is 1. The quantitative estimate of drug-likeness (QED) is 0.770. The molecule has 1 amide bonds. The van der Waals surface area contributed by atoms with Crippen LogP contribution in [-0.4, -0.2) is 20.4 Å². The highest BCUT2D eigenvalue weighted by Gasteiger charge is 2.33. The second-order valence-electron chi connectivity index (χ2n) is 6.31. The number of nitrogens with one attached hydrogen (secondary N) is 1. The molecule has 1 fully saturated rings. The van der Waals surface area contributed by atoms with Gasteiger partial charge in [0, 0.05) is 13.0 Å². The van der Waals surface area contributed by atoms with Crippen LogP contribution in [0.1, 0.15) is 46.4 Å². The Bertz CT molecular complexity index is 986. The first-order chi connectivity index (χ1) is 12.3. The van der Waals surface area contributed by atoms with Gasteiger partial charge >= 0.3 is 6.18 Å². The average Bonchev–Trinajstić information content (AvgIpc) is 3.23. The molecule has 2 aromatic heterocycles. The largest absolute Gasteiger partial charge is 0.447 e. The van der Waals surface area contributed by atoms with Crippen LogP contribution in [0.15, 0.2) is 29.0 Å². The van der Waals surface area contributed by atoms with E-state index in [1.165, 1.54) is 12.5 Å². The normalized spacial score (nSPS) is 14.8. The summed E-state index contributed by atoms with van der Waals surface area (Å²) < 4.78 is 45.4. The molecule has 0 aliphatic heterocycles. The van der Waals surface area contributed by atoms with Crippen LogP contribution in [-0.2, 0) is 19.8 Å². The number of hydrogen-bond acceptors (Lipinski definition) is 4. The van der Waals surface area contributed by atoms with E-state index in [0.717, 1.165) is 25.0 Å². The molecule has 2 heterocycles. The van der Waals surface area contributed by atoms with Crippen molar-refractivity contribution in [2.24, 2.45) is 7.05 Å². The number of carbonyl (C=O) groups excluding carboxylic acids is 1. The highest BCUT2D eigenvalue weighted by molar-refractivity contribution is 5.93. The zero-order valence-corrected chi connectivity index (χ0v) is 13.8. The number of benzene rings is 1. The van der Waals surface area contributed by atoms with E-state index >= 15 is 0 Å². The number of nitrogens with zero attached hydrogens (tertiary/aromatic N) is 3. The maximum atomic E-state index is 12.8. The fraction of sp³-hybridized carbons (Fsp3) is 0.353. The lowest BCUT2D eigenvalue weighted by molar-refractivity contribution is -0.137. The Morgan fingerprint density at radius 3 is 2.85 bits per heavy atom. The first-order valence-corrected chi connectivity index (χ1v) is 8.08. The molecule has 3 aromatic rings. The van der Waals surface area contributed by atoms with Crippen LogP contribution in [0.4, 0.5) is 13.2 Å². The first kappa shape index (κ1) is 16.6. The molecule has 136 valence electrons. The van der Waals surface area contributed by atoms with Gasteiger partial charge in [-0.2, -0.15) is 13.2 Å². The molecule has 1 aliphatic rings. The van der Waals surface area contributed by atoms with Gasteiger partial charge in [-0.3, -0.25) is 4.79 Å². The van der Waals surface area contributed by atoms with Crippen molar-refractivity contribution in [3.63, 3.8) is 0 Å². The van der Waals surface area contributed by atoms with E-state index in [0.29, 0.717) is 17.1 Å². The van der Waals surface area contributed by atoms with E-state index in [4.69, 9.17) is 4.42 Å². The first-order valence-electron chi connectivity index (χ1n) is 8.08. The summed E-state index contributed by atoms with van der Waals surface area (Å²) in [4.78, 5) is 20.5. The Morgan fingerprint density at radius 1 is 1.38 bits per heavy atom. The highest BCUT2D eigenvalue weighted by Crippen LogP contribution is 2.41. The van der Waals surface area contributed by atoms with E-state index in [9.17, 15) is 18.0 Å². The number of hydrogen-bond donors (Lipinski definition) is 1. The van der Waals surface area contributed by atoms with Crippen molar-refractivity contribution < 1.29 is 22.4 Å². The number of fused-ring (bicyclic) bond motifs is 1. The standard InChI is InChI=1S/C17H15F3N4O2/c1-24-12-5-4-10(17(18,19)20)6-11(12)23-13(24)7-21-16(25)14-15(9-2-3-9)26-8-22-14/h4-6,8-9H,2-3,7H2,1H3,(H,21,25). The molecule has 0 unspecified atom stereocenters. The van der Waals surface area contributed by atoms with E-state index in [-0.39, 0.29) is 29.6 Å². The van der Waals surface area contributed by atoms with E-state index in [1.54, 1.807) is 11.6 Å². The van der Waals surface area contributed by atoms with Crippen molar-refractivity contribution in [3.8, 4) is 0 Å². The highest BCUT2D eigenvalue weighted by atomic mass is 19.4. The summed E-state index contributed by atoms with van der Waals surface area (Å²) in [6, 6.07) is 3.40. The third kappa shape index (κ3) is 2.93. The van der Waals surface area contributed by atoms with Gasteiger partial charge in [-0.05, 0) is 31.0 Å². The summed E-state index contributed by atoms with van der Waals surface area (Å²) in [6.07, 6.45) is -1.23. The van der Waals surface area contributed by atoms with Crippen molar-refractivity contribution in [1.29, 1.82) is 0 Å². The van der Waals surface area contributed by atoms with Crippen LogP contribution >= 0.6 is 0 Å². The Hall–Kier alpha value is -2.84. The molecule has 0 bridgehead atoms. The minimum atomic E-state index is -4.42. The van der Waals surface area contributed by atoms with Crippen LogP contribution in [0.25, 0.3) is 11.0 Å². The lowest BCUT2D eigenvalue weighted by atomic mass is 10.2. The zero-order chi connectivity index (χ0) is 18.5. The lowest BCUT2D eigenvalue weighted by Gasteiger charge is -2.06. The molecular weight excluding hydrogens is 349 g/mol. The van der Waals surface area contributed by atoms with Crippen LogP contribution in [0, 0.1) is 0 Å². The number of carbonyl (C=O) groups is 1. The van der Waals surface area contributed by atoms with Crippen LogP contribution < -0.4 is 5.32 Å². The summed E-state index contributed by atoms with van der Waals surface area (Å²) in [6.45, 7) is 0.0718. The number of aryl methyl sites for hydroxylation is 1. The van der Waals surface area contributed by atoms with Gasteiger partial charge in [-0.25, -0.2) is 9.97 Å². The summed E-state index contributed by atoms with van der Waals surface area (Å²) in [5.74, 6) is 0.893. The van der Waals surface area contributed by atoms with Gasteiger partial charge in [0.1, 0.15) is 11.6 Å².